The van der Waals surface area contributed by atoms with Crippen molar-refractivity contribution in [3.8, 4) is 0 Å². The molecule has 2 atom stereocenters. The Kier molecular flexibility index (Phi) is 5.19. The van der Waals surface area contributed by atoms with Crippen molar-refractivity contribution in [2.45, 2.75) is 76.3 Å². The lowest BCUT2D eigenvalue weighted by Gasteiger charge is -2.45. The maximum Gasteiger partial charge on any atom is 0.243 e. The third kappa shape index (κ3) is 3.18. The van der Waals surface area contributed by atoms with E-state index in [0.29, 0.717) is 17.9 Å². The van der Waals surface area contributed by atoms with Gasteiger partial charge in [-0.05, 0) is 63.3 Å². The van der Waals surface area contributed by atoms with Gasteiger partial charge in [0.05, 0.1) is 10.4 Å². The molecule has 2 fully saturated rings. The summed E-state index contributed by atoms with van der Waals surface area (Å²) in [5, 5.41) is 0. The fourth-order valence-corrected chi connectivity index (χ4v) is 6.43. The molecule has 2 heterocycles. The lowest BCUT2D eigenvalue weighted by molar-refractivity contribution is -0.136. The molecule has 6 heteroatoms. The van der Waals surface area contributed by atoms with Crippen molar-refractivity contribution in [2.75, 3.05) is 13.1 Å². The fourth-order valence-electron chi connectivity index (χ4n) is 4.59. The second-order valence-electron chi connectivity index (χ2n) is 8.00. The molecular formula is C20H30N2O3S. The lowest BCUT2D eigenvalue weighted by Crippen LogP contribution is -2.58. The first-order valence-corrected chi connectivity index (χ1v) is 11.0. The van der Waals surface area contributed by atoms with Crippen LogP contribution < -0.4 is 0 Å². The van der Waals surface area contributed by atoms with E-state index in [1.807, 2.05) is 24.8 Å². The lowest BCUT2D eigenvalue weighted by atomic mass is 9.85. The van der Waals surface area contributed by atoms with Crippen molar-refractivity contribution in [3.63, 3.8) is 0 Å². The number of aryl methyl sites for hydroxylation is 2. The van der Waals surface area contributed by atoms with E-state index in [9.17, 15) is 13.2 Å². The van der Waals surface area contributed by atoms with Crippen molar-refractivity contribution in [1.82, 2.24) is 9.21 Å². The second-order valence-corrected chi connectivity index (χ2v) is 9.90. The molecule has 3 rings (SSSR count). The molecule has 0 aromatic heterocycles. The molecule has 2 aliphatic heterocycles. The summed E-state index contributed by atoms with van der Waals surface area (Å²) in [4.78, 5) is 14.6. The van der Waals surface area contributed by atoms with E-state index in [2.05, 4.69) is 6.92 Å². The van der Waals surface area contributed by atoms with Crippen molar-refractivity contribution >= 4 is 15.9 Å². The van der Waals surface area contributed by atoms with Crippen LogP contribution in [0.15, 0.2) is 23.1 Å². The smallest absolute Gasteiger partial charge is 0.243 e. The summed E-state index contributed by atoms with van der Waals surface area (Å²) in [7, 11) is -3.57. The molecule has 0 unspecified atom stereocenters. The van der Waals surface area contributed by atoms with E-state index in [1.54, 1.807) is 23.4 Å². The van der Waals surface area contributed by atoms with Crippen LogP contribution in [0.5, 0.6) is 0 Å². The zero-order valence-electron chi connectivity index (χ0n) is 16.3. The normalized spacial score (nSPS) is 27.7. The zero-order chi connectivity index (χ0) is 19.1. The standard InChI is InChI=1S/C20H30N2O3S/c1-15-9-10-18(14-16(15)2)26(24,25)22-13-11-20(4)19(22)8-6-5-7-12-21(20)17(3)23/h9-10,14,19H,5-8,11-13H2,1-4H3/t19-,20-/m0/s1. The Bertz CT molecular complexity index is 805. The number of benzene rings is 1. The Morgan fingerprint density at radius 1 is 1.12 bits per heavy atom. The summed E-state index contributed by atoms with van der Waals surface area (Å²) in [6.45, 7) is 8.79. The molecule has 26 heavy (non-hydrogen) atoms. The van der Waals surface area contributed by atoms with Crippen molar-refractivity contribution in [2.24, 2.45) is 0 Å². The number of nitrogens with zero attached hydrogens (tertiary/aromatic N) is 2. The maximum atomic E-state index is 13.4. The van der Waals surface area contributed by atoms with E-state index in [0.717, 1.165) is 43.4 Å². The predicted molar refractivity (Wildman–Crippen MR) is 102 cm³/mol. The summed E-state index contributed by atoms with van der Waals surface area (Å²) in [6, 6.07) is 5.20. The molecule has 0 spiro atoms. The van der Waals surface area contributed by atoms with Gasteiger partial charge >= 0.3 is 0 Å². The van der Waals surface area contributed by atoms with Gasteiger partial charge in [0.2, 0.25) is 15.9 Å². The number of sulfonamides is 1. The first kappa shape index (κ1) is 19.4. The number of carbonyl (C=O) groups is 1. The van der Waals surface area contributed by atoms with Gasteiger partial charge in [0.15, 0.2) is 0 Å². The molecule has 1 amide bonds. The summed E-state index contributed by atoms with van der Waals surface area (Å²) in [5.74, 6) is 0.0461. The Morgan fingerprint density at radius 2 is 1.85 bits per heavy atom. The third-order valence-electron chi connectivity index (χ3n) is 6.34. The van der Waals surface area contributed by atoms with Gasteiger partial charge in [-0.1, -0.05) is 18.9 Å². The quantitative estimate of drug-likeness (QED) is 0.794. The summed E-state index contributed by atoms with van der Waals surface area (Å²) >= 11 is 0. The topological polar surface area (TPSA) is 57.7 Å². The van der Waals surface area contributed by atoms with Gasteiger partial charge in [-0.25, -0.2) is 8.42 Å². The predicted octanol–water partition coefficient (Wildman–Crippen LogP) is 3.25. The first-order valence-electron chi connectivity index (χ1n) is 9.55. The summed E-state index contributed by atoms with van der Waals surface area (Å²) in [5.41, 5.74) is 1.65. The monoisotopic (exact) mass is 378 g/mol. The van der Waals surface area contributed by atoms with Gasteiger partial charge in [-0.2, -0.15) is 4.31 Å². The zero-order valence-corrected chi connectivity index (χ0v) is 17.1. The summed E-state index contributed by atoms with van der Waals surface area (Å²) < 4.78 is 28.4. The van der Waals surface area contributed by atoms with Crippen molar-refractivity contribution < 1.29 is 13.2 Å². The minimum Gasteiger partial charge on any atom is -0.336 e. The highest BCUT2D eigenvalue weighted by Gasteiger charge is 2.52. The molecule has 144 valence electrons. The van der Waals surface area contributed by atoms with E-state index in [1.165, 1.54) is 0 Å². The van der Waals surface area contributed by atoms with Gasteiger partial charge in [-0.3, -0.25) is 4.79 Å². The van der Waals surface area contributed by atoms with Crippen LogP contribution in [-0.2, 0) is 14.8 Å². The Morgan fingerprint density at radius 3 is 2.50 bits per heavy atom. The van der Waals surface area contributed by atoms with Gasteiger partial charge in [-0.15, -0.1) is 0 Å². The molecule has 0 radical (unpaired) electrons. The van der Waals surface area contributed by atoms with E-state index >= 15 is 0 Å². The molecule has 1 aromatic carbocycles. The van der Waals surface area contributed by atoms with Crippen LogP contribution in [0.1, 0.15) is 57.1 Å². The fraction of sp³-hybridized carbons (Fsp3) is 0.650. The minimum atomic E-state index is -3.57. The van der Waals surface area contributed by atoms with Gasteiger partial charge in [0, 0.05) is 26.1 Å². The second kappa shape index (κ2) is 6.97. The third-order valence-corrected chi connectivity index (χ3v) is 8.25. The van der Waals surface area contributed by atoms with E-state index < -0.39 is 15.6 Å². The molecule has 5 nitrogen and oxygen atoms in total. The molecule has 0 N–H and O–H groups in total. The highest BCUT2D eigenvalue weighted by molar-refractivity contribution is 7.89. The number of rotatable bonds is 2. The van der Waals surface area contributed by atoms with E-state index in [4.69, 9.17) is 0 Å². The average molecular weight is 379 g/mol. The van der Waals surface area contributed by atoms with Crippen LogP contribution in [0.4, 0.5) is 0 Å². The van der Waals surface area contributed by atoms with Crippen LogP contribution in [0.25, 0.3) is 0 Å². The number of hydrogen-bond acceptors (Lipinski definition) is 3. The highest BCUT2D eigenvalue weighted by atomic mass is 32.2. The average Bonchev–Trinajstić information content (AvgIpc) is 2.88. The molecule has 0 saturated carbocycles. The van der Waals surface area contributed by atoms with Gasteiger partial charge in [0.1, 0.15) is 0 Å². The number of carbonyl (C=O) groups excluding carboxylic acids is 1. The number of likely N-dealkylation sites (tertiary alicyclic amines) is 1. The SMILES string of the molecule is CC(=O)N1CCCCC[C@@H]2N(S(=O)(=O)c3ccc(C)c(C)c3)CC[C@@]21C. The molecule has 2 aliphatic rings. The number of fused-ring (bicyclic) bond motifs is 1. The molecule has 2 saturated heterocycles. The Balaban J connectivity index is 2.00. The minimum absolute atomic E-state index is 0.0461. The van der Waals surface area contributed by atoms with Crippen LogP contribution in [0, 0.1) is 13.8 Å². The molecular weight excluding hydrogens is 348 g/mol. The first-order chi connectivity index (χ1) is 12.2. The van der Waals surface area contributed by atoms with Crippen LogP contribution in [0.2, 0.25) is 0 Å². The van der Waals surface area contributed by atoms with Crippen LogP contribution in [0.3, 0.4) is 0 Å². The molecule has 0 aliphatic carbocycles. The van der Waals surface area contributed by atoms with Crippen molar-refractivity contribution in [3.05, 3.63) is 29.3 Å². The number of amides is 1. The van der Waals surface area contributed by atoms with E-state index in [-0.39, 0.29) is 11.9 Å². The summed E-state index contributed by atoms with van der Waals surface area (Å²) in [6.07, 6.45) is 4.54. The van der Waals surface area contributed by atoms with Crippen LogP contribution in [-0.4, -0.2) is 48.2 Å². The largest absolute Gasteiger partial charge is 0.336 e. The van der Waals surface area contributed by atoms with Crippen molar-refractivity contribution in [1.29, 1.82) is 0 Å². The highest BCUT2D eigenvalue weighted by Crippen LogP contribution is 2.41. The van der Waals surface area contributed by atoms with Gasteiger partial charge in [0.25, 0.3) is 0 Å². The van der Waals surface area contributed by atoms with Crippen LogP contribution >= 0.6 is 0 Å². The molecule has 1 aromatic rings. The maximum absolute atomic E-state index is 13.4. The Labute approximate surface area is 157 Å². The Hall–Kier alpha value is -1.40. The van der Waals surface area contributed by atoms with Gasteiger partial charge < -0.3 is 4.90 Å². The number of hydrogen-bond donors (Lipinski definition) is 0. The molecule has 0 bridgehead atoms.